The standard InChI is InChI=1S/C25H26N4O4S/c1-14-18(24(31)28-10-8-25(3,32)13-28)12-29-22(14)19(7-9-27-29)33-16-5-6-17-20(11-16)34-15(2)21(17)23(30)26-4/h5-7,9,11-12,32H,8,10,13H2,1-4H3,(H,26,30)/t25-/m0/s1. The zero-order chi connectivity index (χ0) is 24.2. The first-order valence-corrected chi connectivity index (χ1v) is 11.9. The van der Waals surface area contributed by atoms with E-state index in [4.69, 9.17) is 4.74 Å². The second kappa shape index (κ2) is 8.11. The minimum atomic E-state index is -0.855. The summed E-state index contributed by atoms with van der Waals surface area (Å²) in [6, 6.07) is 7.44. The lowest BCUT2D eigenvalue weighted by molar-refractivity contribution is 0.0572. The number of hydrogen-bond donors (Lipinski definition) is 2. The molecular weight excluding hydrogens is 452 g/mol. The van der Waals surface area contributed by atoms with Gasteiger partial charge in [0.05, 0.1) is 22.9 Å². The Morgan fingerprint density at radius 1 is 1.26 bits per heavy atom. The van der Waals surface area contributed by atoms with Gasteiger partial charge >= 0.3 is 0 Å². The summed E-state index contributed by atoms with van der Waals surface area (Å²) >= 11 is 1.55. The fourth-order valence-electron chi connectivity index (χ4n) is 4.61. The van der Waals surface area contributed by atoms with E-state index in [1.165, 1.54) is 0 Å². The predicted octanol–water partition coefficient (Wildman–Crippen LogP) is 3.91. The molecule has 1 atom stereocenters. The van der Waals surface area contributed by atoms with Crippen molar-refractivity contribution in [3.63, 3.8) is 0 Å². The molecule has 0 unspecified atom stereocenters. The number of carbonyl (C=O) groups is 2. The summed E-state index contributed by atoms with van der Waals surface area (Å²) in [6.45, 7) is 6.40. The van der Waals surface area contributed by atoms with Crippen molar-refractivity contribution < 1.29 is 19.4 Å². The second-order valence-corrected chi connectivity index (χ2v) is 10.3. The molecule has 176 valence electrons. The number of amides is 2. The van der Waals surface area contributed by atoms with E-state index in [9.17, 15) is 14.7 Å². The van der Waals surface area contributed by atoms with Crippen LogP contribution in [-0.4, -0.2) is 57.2 Å². The normalized spacial score (nSPS) is 18.1. The van der Waals surface area contributed by atoms with Gasteiger partial charge in [-0.05, 0) is 51.0 Å². The van der Waals surface area contributed by atoms with Gasteiger partial charge < -0.3 is 20.1 Å². The van der Waals surface area contributed by atoms with Crippen LogP contribution in [-0.2, 0) is 0 Å². The fraction of sp³-hybridized carbons (Fsp3) is 0.320. The van der Waals surface area contributed by atoms with E-state index in [0.29, 0.717) is 47.7 Å². The molecule has 34 heavy (non-hydrogen) atoms. The first-order chi connectivity index (χ1) is 16.2. The van der Waals surface area contributed by atoms with Crippen molar-refractivity contribution in [1.29, 1.82) is 0 Å². The van der Waals surface area contributed by atoms with Crippen molar-refractivity contribution in [3.8, 4) is 11.5 Å². The number of ether oxygens (including phenoxy) is 1. The molecule has 5 rings (SSSR count). The maximum absolute atomic E-state index is 13.2. The van der Waals surface area contributed by atoms with Crippen molar-refractivity contribution in [3.05, 3.63) is 58.2 Å². The van der Waals surface area contributed by atoms with Crippen molar-refractivity contribution in [2.24, 2.45) is 0 Å². The van der Waals surface area contributed by atoms with Gasteiger partial charge in [0.1, 0.15) is 11.3 Å². The number of rotatable bonds is 4. The van der Waals surface area contributed by atoms with Crippen LogP contribution in [0.5, 0.6) is 11.5 Å². The van der Waals surface area contributed by atoms with E-state index in [1.807, 2.05) is 32.0 Å². The Labute approximate surface area is 200 Å². The summed E-state index contributed by atoms with van der Waals surface area (Å²) in [6.07, 6.45) is 3.91. The highest BCUT2D eigenvalue weighted by molar-refractivity contribution is 7.19. The monoisotopic (exact) mass is 478 g/mol. The Bertz CT molecular complexity index is 1450. The third-order valence-electron chi connectivity index (χ3n) is 6.38. The Kier molecular flexibility index (Phi) is 5.33. The lowest BCUT2D eigenvalue weighted by atomic mass is 10.1. The number of aliphatic hydroxyl groups is 1. The quantitative estimate of drug-likeness (QED) is 0.464. The Hall–Kier alpha value is -3.43. The van der Waals surface area contributed by atoms with Crippen LogP contribution in [0.3, 0.4) is 0 Å². The van der Waals surface area contributed by atoms with Crippen LogP contribution < -0.4 is 10.1 Å². The van der Waals surface area contributed by atoms with Crippen LogP contribution in [0.4, 0.5) is 0 Å². The lowest BCUT2D eigenvalue weighted by Crippen LogP contribution is -2.34. The molecule has 1 aliphatic rings. The molecule has 0 radical (unpaired) electrons. The minimum Gasteiger partial charge on any atom is -0.455 e. The Morgan fingerprint density at radius 2 is 2.06 bits per heavy atom. The minimum absolute atomic E-state index is 0.103. The average molecular weight is 479 g/mol. The van der Waals surface area contributed by atoms with Crippen LogP contribution in [0.25, 0.3) is 15.6 Å². The van der Waals surface area contributed by atoms with Crippen molar-refractivity contribution in [2.45, 2.75) is 32.8 Å². The molecule has 1 aliphatic heterocycles. The molecule has 0 bridgehead atoms. The molecule has 1 saturated heterocycles. The summed E-state index contributed by atoms with van der Waals surface area (Å²) in [5.41, 5.74) is 1.86. The third-order valence-corrected chi connectivity index (χ3v) is 7.45. The molecule has 2 amide bonds. The number of aromatic nitrogens is 2. The van der Waals surface area contributed by atoms with Gasteiger partial charge in [0.25, 0.3) is 11.8 Å². The number of β-amino-alcohol motifs (C(OH)–C–C–N with tert-alkyl or cyclic N) is 1. The van der Waals surface area contributed by atoms with E-state index >= 15 is 0 Å². The maximum atomic E-state index is 13.2. The molecule has 8 nitrogen and oxygen atoms in total. The van der Waals surface area contributed by atoms with E-state index in [2.05, 4.69) is 10.4 Å². The number of likely N-dealkylation sites (tertiary alicyclic amines) is 1. The molecule has 0 spiro atoms. The van der Waals surface area contributed by atoms with E-state index in [-0.39, 0.29) is 11.8 Å². The van der Waals surface area contributed by atoms with E-state index < -0.39 is 5.60 Å². The number of fused-ring (bicyclic) bond motifs is 2. The smallest absolute Gasteiger partial charge is 0.255 e. The van der Waals surface area contributed by atoms with Crippen LogP contribution in [0.2, 0.25) is 0 Å². The maximum Gasteiger partial charge on any atom is 0.255 e. The highest BCUT2D eigenvalue weighted by Gasteiger charge is 2.35. The van der Waals surface area contributed by atoms with E-state index in [0.717, 1.165) is 20.5 Å². The predicted molar refractivity (Wildman–Crippen MR) is 131 cm³/mol. The summed E-state index contributed by atoms with van der Waals surface area (Å²) in [4.78, 5) is 28.1. The van der Waals surface area contributed by atoms with E-state index in [1.54, 1.807) is 53.2 Å². The number of hydrogen-bond acceptors (Lipinski definition) is 6. The van der Waals surface area contributed by atoms with Crippen LogP contribution in [0, 0.1) is 13.8 Å². The summed E-state index contributed by atoms with van der Waals surface area (Å²) in [7, 11) is 1.63. The van der Waals surface area contributed by atoms with Gasteiger partial charge in [-0.3, -0.25) is 9.59 Å². The van der Waals surface area contributed by atoms with Gasteiger partial charge in [-0.1, -0.05) is 0 Å². The molecule has 0 saturated carbocycles. The largest absolute Gasteiger partial charge is 0.455 e. The van der Waals surface area contributed by atoms with Gasteiger partial charge in [0.15, 0.2) is 5.75 Å². The molecule has 9 heteroatoms. The number of aryl methyl sites for hydroxylation is 2. The number of carbonyl (C=O) groups excluding carboxylic acids is 2. The highest BCUT2D eigenvalue weighted by atomic mass is 32.1. The molecule has 1 aromatic carbocycles. The first-order valence-electron chi connectivity index (χ1n) is 11.1. The lowest BCUT2D eigenvalue weighted by Gasteiger charge is -2.18. The van der Waals surface area contributed by atoms with Crippen LogP contribution in [0.1, 0.15) is 44.5 Å². The third kappa shape index (κ3) is 3.70. The van der Waals surface area contributed by atoms with Crippen molar-refractivity contribution in [2.75, 3.05) is 20.1 Å². The number of thiophene rings is 1. The van der Waals surface area contributed by atoms with Gasteiger partial charge in [0.2, 0.25) is 0 Å². The zero-order valence-corrected chi connectivity index (χ0v) is 20.3. The average Bonchev–Trinajstić information content (AvgIpc) is 3.45. The fourth-order valence-corrected chi connectivity index (χ4v) is 5.70. The molecule has 4 aromatic rings. The van der Waals surface area contributed by atoms with Gasteiger partial charge in [-0.15, -0.1) is 11.3 Å². The Morgan fingerprint density at radius 3 is 2.76 bits per heavy atom. The van der Waals surface area contributed by atoms with Crippen LogP contribution >= 0.6 is 11.3 Å². The van der Waals surface area contributed by atoms with Crippen molar-refractivity contribution in [1.82, 2.24) is 19.8 Å². The number of benzene rings is 1. The number of nitrogens with one attached hydrogen (secondary N) is 1. The van der Waals surface area contributed by atoms with Crippen molar-refractivity contribution >= 4 is 38.8 Å². The summed E-state index contributed by atoms with van der Waals surface area (Å²) in [5.74, 6) is 0.992. The Balaban J connectivity index is 1.49. The highest BCUT2D eigenvalue weighted by Crippen LogP contribution is 2.36. The molecular formula is C25H26N4O4S. The van der Waals surface area contributed by atoms with Gasteiger partial charge in [0, 0.05) is 47.4 Å². The zero-order valence-electron chi connectivity index (χ0n) is 19.5. The topological polar surface area (TPSA) is 96.2 Å². The number of nitrogens with zero attached hydrogens (tertiary/aromatic N) is 3. The summed E-state index contributed by atoms with van der Waals surface area (Å²) < 4.78 is 8.87. The van der Waals surface area contributed by atoms with Gasteiger partial charge in [-0.25, -0.2) is 4.52 Å². The molecule has 1 fully saturated rings. The second-order valence-electron chi connectivity index (χ2n) is 9.00. The molecule has 3 aromatic heterocycles. The van der Waals surface area contributed by atoms with Crippen LogP contribution in [0.15, 0.2) is 36.7 Å². The summed E-state index contributed by atoms with van der Waals surface area (Å²) in [5, 5.41) is 18.2. The SMILES string of the molecule is CNC(=O)c1c(C)sc2cc(Oc3ccnn4cc(C(=O)N5CC[C@](C)(O)C5)c(C)c34)ccc12. The molecule has 0 aliphatic carbocycles. The first kappa shape index (κ1) is 22.4. The molecule has 2 N–H and O–H groups in total. The molecule has 4 heterocycles. The van der Waals surface area contributed by atoms with Gasteiger partial charge in [-0.2, -0.15) is 5.10 Å².